The van der Waals surface area contributed by atoms with E-state index in [1.807, 2.05) is 0 Å². The number of aliphatic carboxylic acids is 1. The maximum atomic E-state index is 11.2. The number of benzene rings is 1. The first-order chi connectivity index (χ1) is 13.9. The molecule has 0 bridgehead atoms. The number of unbranched alkanes of at least 4 members (excludes halogenated alkanes) is 3. The molecule has 0 saturated heterocycles. The van der Waals surface area contributed by atoms with Crippen molar-refractivity contribution >= 4 is 12.4 Å². The van der Waals surface area contributed by atoms with Gasteiger partial charge in [0.25, 0.3) is 6.47 Å². The molecule has 0 aliphatic heterocycles. The molecule has 3 N–H and O–H groups in total. The summed E-state index contributed by atoms with van der Waals surface area (Å²) in [6.45, 7) is 0.533. The second-order valence-electron chi connectivity index (χ2n) is 8.86. The molecule has 29 heavy (non-hydrogen) atoms. The lowest BCUT2D eigenvalue weighted by Gasteiger charge is -2.13. The van der Waals surface area contributed by atoms with E-state index in [1.165, 1.54) is 0 Å². The van der Waals surface area contributed by atoms with E-state index < -0.39 is 11.4 Å². The van der Waals surface area contributed by atoms with E-state index in [9.17, 15) is 24.9 Å². The van der Waals surface area contributed by atoms with Crippen molar-refractivity contribution in [2.45, 2.75) is 89.1 Å². The van der Waals surface area contributed by atoms with Crippen molar-refractivity contribution in [1.82, 2.24) is 0 Å². The highest BCUT2D eigenvalue weighted by Crippen LogP contribution is 2.50. The number of carboxylic acids is 1. The molecule has 2 saturated carbocycles. The minimum Gasteiger partial charge on any atom is -0.508 e. The normalized spacial score (nSPS) is 18.2. The molecule has 3 rings (SSSR count). The number of carboxylic acid groups (broad SMARTS) is 1. The van der Waals surface area contributed by atoms with Crippen LogP contribution in [0, 0.1) is 5.41 Å². The van der Waals surface area contributed by atoms with E-state index in [0.717, 1.165) is 81.8 Å². The number of carbonyl (C=O) groups is 2. The summed E-state index contributed by atoms with van der Waals surface area (Å²) >= 11 is 0. The van der Waals surface area contributed by atoms with Crippen LogP contribution in [-0.2, 0) is 27.2 Å². The number of ether oxygens (including phenoxy) is 1. The summed E-state index contributed by atoms with van der Waals surface area (Å²) < 4.78 is 5.14. The Morgan fingerprint density at radius 1 is 0.897 bits per heavy atom. The standard InChI is InChI=1S/C23H32O6/c24-16-29-23(12-13-23)9-5-3-7-18-15-19(25)17(14-20(18)26)6-2-1-4-8-22(10-11-22)21(27)28/h14-16,25-26H,1-13H2,(H,27,28). The first-order valence-electron chi connectivity index (χ1n) is 10.8. The summed E-state index contributed by atoms with van der Waals surface area (Å²) in [4.78, 5) is 21.7. The highest BCUT2D eigenvalue weighted by atomic mass is 16.5. The lowest BCUT2D eigenvalue weighted by atomic mass is 9.96. The molecule has 1 aromatic carbocycles. The van der Waals surface area contributed by atoms with Crippen LogP contribution >= 0.6 is 0 Å². The fraction of sp³-hybridized carbons (Fsp3) is 0.652. The molecule has 2 aliphatic rings. The van der Waals surface area contributed by atoms with Crippen molar-refractivity contribution < 1.29 is 29.6 Å². The number of phenolic OH excluding ortho intramolecular Hbond substituents is 2. The van der Waals surface area contributed by atoms with Crippen molar-refractivity contribution in [2.75, 3.05) is 0 Å². The van der Waals surface area contributed by atoms with Crippen molar-refractivity contribution in [3.63, 3.8) is 0 Å². The Morgan fingerprint density at radius 2 is 1.45 bits per heavy atom. The van der Waals surface area contributed by atoms with Crippen LogP contribution in [0.2, 0.25) is 0 Å². The minimum absolute atomic E-state index is 0.213. The van der Waals surface area contributed by atoms with E-state index in [2.05, 4.69) is 0 Å². The highest BCUT2D eigenvalue weighted by Gasteiger charge is 2.49. The monoisotopic (exact) mass is 404 g/mol. The summed E-state index contributed by atoms with van der Waals surface area (Å²) in [6.07, 6.45) is 10.8. The Hall–Kier alpha value is -2.24. The predicted molar refractivity (Wildman–Crippen MR) is 108 cm³/mol. The Morgan fingerprint density at radius 3 is 1.93 bits per heavy atom. The van der Waals surface area contributed by atoms with Crippen LogP contribution in [0.5, 0.6) is 11.5 Å². The number of phenols is 2. The van der Waals surface area contributed by atoms with Gasteiger partial charge < -0.3 is 20.1 Å². The van der Waals surface area contributed by atoms with E-state index in [1.54, 1.807) is 12.1 Å². The van der Waals surface area contributed by atoms with Gasteiger partial charge in [-0.25, -0.2) is 0 Å². The van der Waals surface area contributed by atoms with Gasteiger partial charge in [0.2, 0.25) is 0 Å². The van der Waals surface area contributed by atoms with Crippen molar-refractivity contribution in [2.24, 2.45) is 5.41 Å². The molecule has 1 aromatic rings. The van der Waals surface area contributed by atoms with Gasteiger partial charge in [-0.1, -0.05) is 12.8 Å². The molecule has 0 atom stereocenters. The molecule has 0 heterocycles. The van der Waals surface area contributed by atoms with Gasteiger partial charge in [0.05, 0.1) is 5.41 Å². The van der Waals surface area contributed by atoms with Gasteiger partial charge in [-0.05, 0) is 93.9 Å². The average Bonchev–Trinajstić information content (AvgIpc) is 3.59. The Balaban J connectivity index is 1.38. The number of hydrogen-bond acceptors (Lipinski definition) is 5. The lowest BCUT2D eigenvalue weighted by Crippen LogP contribution is -2.14. The van der Waals surface area contributed by atoms with Crippen LogP contribution in [0.25, 0.3) is 0 Å². The van der Waals surface area contributed by atoms with Crippen LogP contribution < -0.4 is 0 Å². The molecule has 0 radical (unpaired) electrons. The zero-order valence-electron chi connectivity index (χ0n) is 17.0. The van der Waals surface area contributed by atoms with Crippen LogP contribution in [0.15, 0.2) is 12.1 Å². The SMILES string of the molecule is O=COC1(CCCCc2cc(O)c(CCCCCC3(C(=O)O)CC3)cc2O)CC1. The highest BCUT2D eigenvalue weighted by molar-refractivity contribution is 5.77. The molecule has 160 valence electrons. The number of aryl methyl sites for hydroxylation is 2. The number of hydrogen-bond donors (Lipinski definition) is 3. The first-order valence-corrected chi connectivity index (χ1v) is 10.8. The summed E-state index contributed by atoms with van der Waals surface area (Å²) in [5.74, 6) is -0.241. The second-order valence-corrected chi connectivity index (χ2v) is 8.86. The molecule has 0 amide bonds. The number of rotatable bonds is 14. The molecule has 2 fully saturated rings. The first kappa shape index (κ1) is 21.5. The third-order valence-corrected chi connectivity index (χ3v) is 6.62. The zero-order chi connectivity index (χ0) is 20.9. The maximum absolute atomic E-state index is 11.2. The Kier molecular flexibility index (Phi) is 6.70. The third-order valence-electron chi connectivity index (χ3n) is 6.62. The van der Waals surface area contributed by atoms with Gasteiger partial charge in [0.15, 0.2) is 0 Å². The van der Waals surface area contributed by atoms with Gasteiger partial charge in [-0.15, -0.1) is 0 Å². The van der Waals surface area contributed by atoms with Gasteiger partial charge in [-0.3, -0.25) is 9.59 Å². The van der Waals surface area contributed by atoms with E-state index >= 15 is 0 Å². The summed E-state index contributed by atoms with van der Waals surface area (Å²) in [6, 6.07) is 3.31. The van der Waals surface area contributed by atoms with Gasteiger partial charge in [0, 0.05) is 0 Å². The predicted octanol–water partition coefficient (Wildman–Crippen LogP) is 4.48. The van der Waals surface area contributed by atoms with E-state index in [4.69, 9.17) is 4.74 Å². The van der Waals surface area contributed by atoms with Gasteiger partial charge in [-0.2, -0.15) is 0 Å². The van der Waals surface area contributed by atoms with E-state index in [0.29, 0.717) is 19.3 Å². The summed E-state index contributed by atoms with van der Waals surface area (Å²) in [7, 11) is 0. The smallest absolute Gasteiger partial charge is 0.309 e. The molecule has 2 aliphatic carbocycles. The molecule has 6 heteroatoms. The van der Waals surface area contributed by atoms with Crippen molar-refractivity contribution in [1.29, 1.82) is 0 Å². The lowest BCUT2D eigenvalue weighted by molar-refractivity contribution is -0.143. The van der Waals surface area contributed by atoms with Gasteiger partial charge in [0.1, 0.15) is 17.1 Å². The van der Waals surface area contributed by atoms with Crippen molar-refractivity contribution in [3.05, 3.63) is 23.3 Å². The maximum Gasteiger partial charge on any atom is 0.309 e. The topological polar surface area (TPSA) is 104 Å². The second kappa shape index (κ2) is 9.06. The molecule has 0 aromatic heterocycles. The Labute approximate surface area is 171 Å². The molecular formula is C23H32O6. The van der Waals surface area contributed by atoms with Crippen LogP contribution in [0.3, 0.4) is 0 Å². The third kappa shape index (κ3) is 5.64. The fourth-order valence-corrected chi connectivity index (χ4v) is 4.17. The quantitative estimate of drug-likeness (QED) is 0.240. The molecule has 0 spiro atoms. The molecule has 0 unspecified atom stereocenters. The average molecular weight is 405 g/mol. The van der Waals surface area contributed by atoms with Crippen LogP contribution in [-0.4, -0.2) is 33.4 Å². The number of aromatic hydroxyl groups is 2. The molecular weight excluding hydrogens is 372 g/mol. The van der Waals surface area contributed by atoms with Gasteiger partial charge >= 0.3 is 5.97 Å². The van der Waals surface area contributed by atoms with Crippen molar-refractivity contribution in [3.8, 4) is 11.5 Å². The zero-order valence-corrected chi connectivity index (χ0v) is 17.0. The summed E-state index contributed by atoms with van der Waals surface area (Å²) in [5.41, 5.74) is 0.784. The molecule has 6 nitrogen and oxygen atoms in total. The fourth-order valence-electron chi connectivity index (χ4n) is 4.17. The van der Waals surface area contributed by atoms with E-state index in [-0.39, 0.29) is 17.1 Å². The van der Waals surface area contributed by atoms with Crippen LogP contribution in [0.1, 0.15) is 81.8 Å². The van der Waals surface area contributed by atoms with Crippen LogP contribution in [0.4, 0.5) is 0 Å². The largest absolute Gasteiger partial charge is 0.508 e. The minimum atomic E-state index is -0.667. The Bertz CT molecular complexity index is 733. The summed E-state index contributed by atoms with van der Waals surface area (Å²) in [5, 5.41) is 29.8. The number of carbonyl (C=O) groups excluding carboxylic acids is 1.